The molecular formula is C16H27NS. The molecular weight excluding hydrogens is 238 g/mol. The molecule has 1 N–H and O–H groups in total. The summed E-state index contributed by atoms with van der Waals surface area (Å²) >= 11 is 1.94. The molecule has 1 nitrogen and oxygen atoms in total. The molecule has 2 rings (SSSR count). The Bertz CT molecular complexity index is 350. The third-order valence-electron chi connectivity index (χ3n) is 4.25. The highest BCUT2D eigenvalue weighted by molar-refractivity contribution is 7.11. The average molecular weight is 265 g/mol. The van der Waals surface area contributed by atoms with E-state index in [0.717, 1.165) is 12.0 Å². The Morgan fingerprint density at radius 1 is 1.28 bits per heavy atom. The Kier molecular flexibility index (Phi) is 5.25. The summed E-state index contributed by atoms with van der Waals surface area (Å²) in [6, 6.07) is 5.90. The fourth-order valence-corrected chi connectivity index (χ4v) is 4.11. The molecule has 1 atom stereocenters. The second kappa shape index (κ2) is 6.72. The summed E-state index contributed by atoms with van der Waals surface area (Å²) < 4.78 is 0. The van der Waals surface area contributed by atoms with Crippen LogP contribution in [0.5, 0.6) is 0 Å². The average Bonchev–Trinajstić information content (AvgIpc) is 2.75. The van der Waals surface area contributed by atoms with Crippen molar-refractivity contribution < 1.29 is 0 Å². The van der Waals surface area contributed by atoms with Crippen molar-refractivity contribution in [2.45, 2.75) is 71.4 Å². The van der Waals surface area contributed by atoms with Crippen LogP contribution in [0.1, 0.15) is 55.7 Å². The van der Waals surface area contributed by atoms with Crippen molar-refractivity contribution in [3.63, 3.8) is 0 Å². The molecule has 0 radical (unpaired) electrons. The molecule has 0 aliphatic heterocycles. The SMILES string of the molecule is CCC1CCC(NC(C)Cc2ccc(C)s2)CC1. The fourth-order valence-electron chi connectivity index (χ4n) is 3.10. The van der Waals surface area contributed by atoms with Crippen LogP contribution in [0, 0.1) is 12.8 Å². The molecule has 1 unspecified atom stereocenters. The van der Waals surface area contributed by atoms with Gasteiger partial charge in [0.25, 0.3) is 0 Å². The quantitative estimate of drug-likeness (QED) is 0.824. The zero-order valence-electron chi connectivity index (χ0n) is 12.0. The first-order valence-corrected chi connectivity index (χ1v) is 8.30. The molecule has 1 aliphatic rings. The van der Waals surface area contributed by atoms with Crippen LogP contribution in [0.3, 0.4) is 0 Å². The first-order valence-electron chi connectivity index (χ1n) is 7.48. The molecule has 0 aromatic carbocycles. The minimum Gasteiger partial charge on any atom is -0.311 e. The van der Waals surface area contributed by atoms with Crippen LogP contribution < -0.4 is 5.32 Å². The molecule has 2 heteroatoms. The van der Waals surface area contributed by atoms with E-state index in [4.69, 9.17) is 0 Å². The summed E-state index contributed by atoms with van der Waals surface area (Å²) in [5, 5.41) is 3.83. The van der Waals surface area contributed by atoms with E-state index in [1.54, 1.807) is 0 Å². The van der Waals surface area contributed by atoms with Gasteiger partial charge in [0, 0.05) is 21.8 Å². The predicted octanol–water partition coefficient (Wildman–Crippen LogP) is 4.55. The van der Waals surface area contributed by atoms with E-state index in [1.807, 2.05) is 11.3 Å². The van der Waals surface area contributed by atoms with Crippen LogP contribution in [-0.4, -0.2) is 12.1 Å². The number of rotatable bonds is 5. The number of hydrogen-bond acceptors (Lipinski definition) is 2. The monoisotopic (exact) mass is 265 g/mol. The Hall–Kier alpha value is -0.340. The Balaban J connectivity index is 1.73. The predicted molar refractivity (Wildman–Crippen MR) is 81.4 cm³/mol. The molecule has 0 bridgehead atoms. The third-order valence-corrected chi connectivity index (χ3v) is 5.27. The van der Waals surface area contributed by atoms with Gasteiger partial charge >= 0.3 is 0 Å². The lowest BCUT2D eigenvalue weighted by Crippen LogP contribution is -2.39. The third kappa shape index (κ3) is 4.10. The van der Waals surface area contributed by atoms with Crippen molar-refractivity contribution in [1.82, 2.24) is 5.32 Å². The Morgan fingerprint density at radius 2 is 2.00 bits per heavy atom. The first-order chi connectivity index (χ1) is 8.67. The summed E-state index contributed by atoms with van der Waals surface area (Å²) in [6.07, 6.45) is 8.18. The number of nitrogens with one attached hydrogen (secondary N) is 1. The van der Waals surface area contributed by atoms with E-state index in [-0.39, 0.29) is 0 Å². The standard InChI is InChI=1S/C16H27NS/c1-4-14-6-8-15(9-7-14)17-12(2)11-16-10-5-13(3)18-16/h5,10,12,14-15,17H,4,6-9,11H2,1-3H3. The number of aryl methyl sites for hydroxylation is 1. The molecule has 1 aromatic heterocycles. The summed E-state index contributed by atoms with van der Waals surface area (Å²) in [5.74, 6) is 0.998. The molecule has 0 saturated heterocycles. The van der Waals surface area contributed by atoms with Crippen molar-refractivity contribution in [2.24, 2.45) is 5.92 Å². The number of thiophene rings is 1. The van der Waals surface area contributed by atoms with Crippen molar-refractivity contribution >= 4 is 11.3 Å². The van der Waals surface area contributed by atoms with Crippen LogP contribution in [-0.2, 0) is 6.42 Å². The van der Waals surface area contributed by atoms with E-state index in [2.05, 4.69) is 38.2 Å². The van der Waals surface area contributed by atoms with Gasteiger partial charge in [0.1, 0.15) is 0 Å². The van der Waals surface area contributed by atoms with Gasteiger partial charge < -0.3 is 5.32 Å². The number of hydrogen-bond donors (Lipinski definition) is 1. The lowest BCUT2D eigenvalue weighted by molar-refractivity contribution is 0.272. The van der Waals surface area contributed by atoms with Gasteiger partial charge in [-0.3, -0.25) is 0 Å². The first kappa shape index (κ1) is 14.1. The summed E-state index contributed by atoms with van der Waals surface area (Å²) in [7, 11) is 0. The van der Waals surface area contributed by atoms with Crippen LogP contribution in [0.4, 0.5) is 0 Å². The molecule has 0 amide bonds. The van der Waals surface area contributed by atoms with Gasteiger partial charge in [-0.2, -0.15) is 0 Å². The van der Waals surface area contributed by atoms with Gasteiger partial charge in [0.05, 0.1) is 0 Å². The molecule has 1 saturated carbocycles. The maximum atomic E-state index is 3.83. The molecule has 1 aliphatic carbocycles. The van der Waals surface area contributed by atoms with Crippen molar-refractivity contribution in [2.75, 3.05) is 0 Å². The Morgan fingerprint density at radius 3 is 2.56 bits per heavy atom. The Labute approximate surface area is 116 Å². The molecule has 1 aromatic rings. The van der Waals surface area contributed by atoms with Crippen LogP contribution in [0.25, 0.3) is 0 Å². The second-order valence-corrected chi connectivity index (χ2v) is 7.28. The van der Waals surface area contributed by atoms with Crippen molar-refractivity contribution in [3.05, 3.63) is 21.9 Å². The van der Waals surface area contributed by atoms with E-state index < -0.39 is 0 Å². The zero-order chi connectivity index (χ0) is 13.0. The smallest absolute Gasteiger partial charge is 0.00896 e. The highest BCUT2D eigenvalue weighted by atomic mass is 32.1. The highest BCUT2D eigenvalue weighted by Crippen LogP contribution is 2.27. The van der Waals surface area contributed by atoms with Gasteiger partial charge in [0.15, 0.2) is 0 Å². The van der Waals surface area contributed by atoms with Gasteiger partial charge in [0.2, 0.25) is 0 Å². The van der Waals surface area contributed by atoms with Crippen LogP contribution in [0.15, 0.2) is 12.1 Å². The molecule has 1 heterocycles. The molecule has 102 valence electrons. The maximum absolute atomic E-state index is 3.83. The van der Waals surface area contributed by atoms with Crippen LogP contribution in [0.2, 0.25) is 0 Å². The van der Waals surface area contributed by atoms with E-state index in [9.17, 15) is 0 Å². The summed E-state index contributed by atoms with van der Waals surface area (Å²) in [4.78, 5) is 2.95. The van der Waals surface area contributed by atoms with Crippen LogP contribution >= 0.6 is 11.3 Å². The minimum absolute atomic E-state index is 0.617. The van der Waals surface area contributed by atoms with Crippen molar-refractivity contribution in [1.29, 1.82) is 0 Å². The maximum Gasteiger partial charge on any atom is 0.00896 e. The molecule has 0 spiro atoms. The fraction of sp³-hybridized carbons (Fsp3) is 0.750. The summed E-state index contributed by atoms with van der Waals surface area (Å²) in [5.41, 5.74) is 0. The lowest BCUT2D eigenvalue weighted by Gasteiger charge is -2.30. The minimum atomic E-state index is 0.617. The zero-order valence-corrected chi connectivity index (χ0v) is 12.9. The molecule has 1 fully saturated rings. The van der Waals surface area contributed by atoms with E-state index in [0.29, 0.717) is 6.04 Å². The van der Waals surface area contributed by atoms with E-state index >= 15 is 0 Å². The largest absolute Gasteiger partial charge is 0.311 e. The van der Waals surface area contributed by atoms with E-state index in [1.165, 1.54) is 48.3 Å². The lowest BCUT2D eigenvalue weighted by atomic mass is 9.84. The van der Waals surface area contributed by atoms with Gasteiger partial charge in [-0.25, -0.2) is 0 Å². The normalized spacial score (nSPS) is 26.2. The van der Waals surface area contributed by atoms with Gasteiger partial charge in [-0.1, -0.05) is 13.3 Å². The summed E-state index contributed by atoms with van der Waals surface area (Å²) in [6.45, 7) is 6.86. The van der Waals surface area contributed by atoms with Crippen molar-refractivity contribution in [3.8, 4) is 0 Å². The highest BCUT2D eigenvalue weighted by Gasteiger charge is 2.21. The van der Waals surface area contributed by atoms with Gasteiger partial charge in [-0.05, 0) is 64.0 Å². The molecule has 18 heavy (non-hydrogen) atoms. The second-order valence-electron chi connectivity index (χ2n) is 5.91. The van der Waals surface area contributed by atoms with Gasteiger partial charge in [-0.15, -0.1) is 11.3 Å². The topological polar surface area (TPSA) is 12.0 Å².